The summed E-state index contributed by atoms with van der Waals surface area (Å²) in [6.07, 6.45) is 1.21. The van der Waals surface area contributed by atoms with Crippen molar-refractivity contribution >= 4 is 23.3 Å². The van der Waals surface area contributed by atoms with Gasteiger partial charge >= 0.3 is 0 Å². The average molecular weight is 314 g/mol. The summed E-state index contributed by atoms with van der Waals surface area (Å²) in [7, 11) is 1.36. The van der Waals surface area contributed by atoms with Crippen molar-refractivity contribution in [3.05, 3.63) is 71.2 Å². The second kappa shape index (κ2) is 5.77. The second-order valence-electron chi connectivity index (χ2n) is 4.64. The van der Waals surface area contributed by atoms with Gasteiger partial charge in [0.1, 0.15) is 5.82 Å². The molecule has 0 bridgehead atoms. The molecule has 0 fully saturated rings. The summed E-state index contributed by atoms with van der Waals surface area (Å²) in [6.45, 7) is 0. The SMILES string of the molecule is COC1=CC(=O)c2c(Sc3ccc(F)cc3)cccc2C1=O. The summed E-state index contributed by atoms with van der Waals surface area (Å²) in [6, 6.07) is 11.1. The highest BCUT2D eigenvalue weighted by Gasteiger charge is 2.28. The van der Waals surface area contributed by atoms with E-state index in [2.05, 4.69) is 0 Å². The number of Topliss-reactive ketones (excluding diaryl/α,β-unsaturated/α-hetero) is 1. The van der Waals surface area contributed by atoms with Crippen molar-refractivity contribution in [1.82, 2.24) is 0 Å². The highest BCUT2D eigenvalue weighted by molar-refractivity contribution is 7.99. The number of halogens is 1. The number of carbonyl (C=O) groups is 2. The third-order valence-corrected chi connectivity index (χ3v) is 4.33. The third-order valence-electron chi connectivity index (χ3n) is 3.26. The van der Waals surface area contributed by atoms with Crippen molar-refractivity contribution in [2.75, 3.05) is 7.11 Å². The van der Waals surface area contributed by atoms with Crippen LogP contribution in [0.1, 0.15) is 20.7 Å². The predicted octanol–water partition coefficient (Wildman–Crippen LogP) is 3.89. The van der Waals surface area contributed by atoms with Crippen molar-refractivity contribution in [2.24, 2.45) is 0 Å². The molecular weight excluding hydrogens is 303 g/mol. The number of fused-ring (bicyclic) bond motifs is 1. The molecule has 3 nitrogen and oxygen atoms in total. The van der Waals surface area contributed by atoms with E-state index < -0.39 is 0 Å². The zero-order valence-electron chi connectivity index (χ0n) is 11.6. The van der Waals surface area contributed by atoms with Gasteiger partial charge in [-0.25, -0.2) is 4.39 Å². The van der Waals surface area contributed by atoms with Gasteiger partial charge in [-0.05, 0) is 30.3 Å². The van der Waals surface area contributed by atoms with E-state index in [4.69, 9.17) is 4.74 Å². The maximum Gasteiger partial charge on any atom is 0.228 e. The number of carbonyl (C=O) groups excluding carboxylic acids is 2. The van der Waals surface area contributed by atoms with Crippen LogP contribution in [-0.4, -0.2) is 18.7 Å². The molecule has 0 spiro atoms. The lowest BCUT2D eigenvalue weighted by molar-refractivity contribution is 0.0915. The van der Waals surface area contributed by atoms with Crippen LogP contribution in [0.2, 0.25) is 0 Å². The molecule has 1 aliphatic carbocycles. The van der Waals surface area contributed by atoms with Gasteiger partial charge in [0.05, 0.1) is 7.11 Å². The lowest BCUT2D eigenvalue weighted by Crippen LogP contribution is -2.18. The summed E-state index contributed by atoms with van der Waals surface area (Å²) >= 11 is 1.32. The fourth-order valence-electron chi connectivity index (χ4n) is 2.23. The number of hydrogen-bond donors (Lipinski definition) is 0. The number of methoxy groups -OCH3 is 1. The van der Waals surface area contributed by atoms with Gasteiger partial charge in [0.2, 0.25) is 5.78 Å². The zero-order valence-corrected chi connectivity index (χ0v) is 12.4. The normalized spacial score (nSPS) is 13.6. The Hall–Kier alpha value is -2.40. The Morgan fingerprint density at radius 2 is 1.77 bits per heavy atom. The molecule has 0 N–H and O–H groups in total. The summed E-state index contributed by atoms with van der Waals surface area (Å²) in [5, 5.41) is 0. The Balaban J connectivity index is 2.03. The molecular formula is C17H11FO3S. The van der Waals surface area contributed by atoms with Gasteiger partial charge in [-0.2, -0.15) is 0 Å². The molecule has 2 aromatic carbocycles. The molecule has 0 radical (unpaired) electrons. The highest BCUT2D eigenvalue weighted by Crippen LogP contribution is 2.35. The van der Waals surface area contributed by atoms with Gasteiger partial charge < -0.3 is 4.74 Å². The zero-order chi connectivity index (χ0) is 15.7. The van der Waals surface area contributed by atoms with Crippen LogP contribution in [0.5, 0.6) is 0 Å². The van der Waals surface area contributed by atoms with Crippen molar-refractivity contribution in [2.45, 2.75) is 9.79 Å². The molecule has 3 rings (SSSR count). The fraction of sp³-hybridized carbons (Fsp3) is 0.0588. The van der Waals surface area contributed by atoms with Gasteiger partial charge in [-0.3, -0.25) is 9.59 Å². The second-order valence-corrected chi connectivity index (χ2v) is 5.76. The van der Waals surface area contributed by atoms with Gasteiger partial charge in [-0.15, -0.1) is 0 Å². The van der Waals surface area contributed by atoms with E-state index in [1.165, 1.54) is 37.1 Å². The van der Waals surface area contributed by atoms with Crippen LogP contribution in [0, 0.1) is 5.82 Å². The van der Waals surface area contributed by atoms with E-state index in [1.54, 1.807) is 30.3 Å². The first-order valence-electron chi connectivity index (χ1n) is 6.51. The maximum absolute atomic E-state index is 13.0. The fourth-order valence-corrected chi connectivity index (χ4v) is 3.22. The summed E-state index contributed by atoms with van der Waals surface area (Å²) in [4.78, 5) is 26.0. The first-order chi connectivity index (χ1) is 10.6. The maximum atomic E-state index is 13.0. The summed E-state index contributed by atoms with van der Waals surface area (Å²) in [5.41, 5.74) is 0.694. The van der Waals surface area contributed by atoms with Crippen molar-refractivity contribution < 1.29 is 18.7 Å². The molecule has 1 aliphatic rings. The number of hydrogen-bond acceptors (Lipinski definition) is 4. The molecule has 0 aromatic heterocycles. The summed E-state index contributed by atoms with van der Waals surface area (Å²) < 4.78 is 17.9. The van der Waals surface area contributed by atoms with Gasteiger partial charge in [-0.1, -0.05) is 23.9 Å². The monoisotopic (exact) mass is 314 g/mol. The molecule has 0 unspecified atom stereocenters. The van der Waals surface area contributed by atoms with E-state index in [0.717, 1.165) is 4.90 Å². The number of rotatable bonds is 3. The minimum Gasteiger partial charge on any atom is -0.492 e. The Morgan fingerprint density at radius 3 is 2.45 bits per heavy atom. The standard InChI is InChI=1S/C17H11FO3S/c1-21-14-9-13(19)16-12(17(14)20)3-2-4-15(16)22-11-7-5-10(18)6-8-11/h2-9H,1H3. The lowest BCUT2D eigenvalue weighted by Gasteiger charge is -2.16. The number of ketones is 2. The van der Waals surface area contributed by atoms with Crippen LogP contribution in [0.25, 0.3) is 0 Å². The lowest BCUT2D eigenvalue weighted by atomic mass is 9.93. The van der Waals surface area contributed by atoms with Crippen molar-refractivity contribution in [3.8, 4) is 0 Å². The van der Waals surface area contributed by atoms with Crippen molar-refractivity contribution in [1.29, 1.82) is 0 Å². The van der Waals surface area contributed by atoms with Crippen LogP contribution in [0.15, 0.2) is 64.1 Å². The van der Waals surface area contributed by atoms with E-state index in [1.807, 2.05) is 0 Å². The quantitative estimate of drug-likeness (QED) is 0.862. The Morgan fingerprint density at radius 1 is 1.05 bits per heavy atom. The molecule has 22 heavy (non-hydrogen) atoms. The molecule has 0 amide bonds. The van der Waals surface area contributed by atoms with Crippen LogP contribution in [0.3, 0.4) is 0 Å². The molecule has 5 heteroatoms. The first kappa shape index (κ1) is 14.5. The smallest absolute Gasteiger partial charge is 0.228 e. The van der Waals surface area contributed by atoms with Crippen LogP contribution in [0.4, 0.5) is 4.39 Å². The minimum atomic E-state index is -0.321. The van der Waals surface area contributed by atoms with Gasteiger partial charge in [0, 0.05) is 27.0 Å². The topological polar surface area (TPSA) is 43.4 Å². The first-order valence-corrected chi connectivity index (χ1v) is 7.33. The average Bonchev–Trinajstić information content (AvgIpc) is 2.53. The molecule has 2 aromatic rings. The number of allylic oxidation sites excluding steroid dienone is 2. The van der Waals surface area contributed by atoms with E-state index in [0.29, 0.717) is 16.0 Å². The molecule has 0 atom stereocenters. The predicted molar refractivity (Wildman–Crippen MR) is 80.7 cm³/mol. The third kappa shape index (κ3) is 2.55. The van der Waals surface area contributed by atoms with E-state index in [9.17, 15) is 14.0 Å². The van der Waals surface area contributed by atoms with Gasteiger partial charge in [0.25, 0.3) is 0 Å². The largest absolute Gasteiger partial charge is 0.492 e. The number of ether oxygens (including phenoxy) is 1. The number of benzene rings is 2. The Bertz CT molecular complexity index is 794. The Labute approximate surface area is 130 Å². The summed E-state index contributed by atoms with van der Waals surface area (Å²) in [5.74, 6) is -0.852. The minimum absolute atomic E-state index is 0.0430. The van der Waals surface area contributed by atoms with Crippen LogP contribution < -0.4 is 0 Å². The van der Waals surface area contributed by atoms with E-state index >= 15 is 0 Å². The van der Waals surface area contributed by atoms with Crippen LogP contribution in [-0.2, 0) is 4.74 Å². The van der Waals surface area contributed by atoms with Gasteiger partial charge in [0.15, 0.2) is 11.5 Å². The molecule has 0 saturated carbocycles. The van der Waals surface area contributed by atoms with E-state index in [-0.39, 0.29) is 23.1 Å². The molecule has 110 valence electrons. The molecule has 0 saturated heterocycles. The van der Waals surface area contributed by atoms with Crippen LogP contribution >= 0.6 is 11.8 Å². The molecule has 0 aliphatic heterocycles. The molecule has 0 heterocycles. The van der Waals surface area contributed by atoms with Crippen molar-refractivity contribution in [3.63, 3.8) is 0 Å². The highest BCUT2D eigenvalue weighted by atomic mass is 32.2. The Kier molecular flexibility index (Phi) is 3.81.